The number of carboxylic acids is 1. The zero-order chi connectivity index (χ0) is 13.3. The van der Waals surface area contributed by atoms with E-state index in [0.29, 0.717) is 13.0 Å². The first-order chi connectivity index (χ1) is 8.50. The van der Waals surface area contributed by atoms with Gasteiger partial charge in [0.25, 0.3) is 5.91 Å². The van der Waals surface area contributed by atoms with E-state index in [1.54, 1.807) is 6.92 Å². The topological polar surface area (TPSA) is 83.4 Å². The molecule has 0 radical (unpaired) electrons. The van der Waals surface area contributed by atoms with Crippen molar-refractivity contribution < 1.29 is 14.7 Å². The van der Waals surface area contributed by atoms with Crippen molar-refractivity contribution in [1.29, 1.82) is 0 Å². The van der Waals surface area contributed by atoms with E-state index in [-0.39, 0.29) is 17.5 Å². The number of aliphatic carboxylic acids is 1. The van der Waals surface area contributed by atoms with Crippen LogP contribution in [0.5, 0.6) is 0 Å². The monoisotopic (exact) mass is 249 g/mol. The molecule has 6 nitrogen and oxygen atoms in total. The van der Waals surface area contributed by atoms with E-state index in [2.05, 4.69) is 9.97 Å². The maximum absolute atomic E-state index is 12.2. The lowest BCUT2D eigenvalue weighted by Gasteiger charge is -2.22. The number of amides is 1. The Morgan fingerprint density at radius 2 is 2.11 bits per heavy atom. The highest BCUT2D eigenvalue weighted by Gasteiger charge is 2.40. The van der Waals surface area contributed by atoms with Gasteiger partial charge in [-0.25, -0.2) is 9.78 Å². The van der Waals surface area contributed by atoms with Crippen molar-refractivity contribution in [3.05, 3.63) is 23.8 Å². The van der Waals surface area contributed by atoms with Crippen LogP contribution in [-0.2, 0) is 4.79 Å². The molecule has 1 N–H and O–H groups in total. The Kier molecular flexibility index (Phi) is 3.27. The van der Waals surface area contributed by atoms with Gasteiger partial charge >= 0.3 is 5.97 Å². The Hall–Kier alpha value is -1.98. The van der Waals surface area contributed by atoms with Crippen LogP contribution in [0.2, 0.25) is 0 Å². The first kappa shape index (κ1) is 12.5. The molecule has 1 aromatic heterocycles. The molecule has 1 amide bonds. The number of carbonyl (C=O) groups excluding carboxylic acids is 1. The van der Waals surface area contributed by atoms with Crippen molar-refractivity contribution in [2.75, 3.05) is 6.54 Å². The van der Waals surface area contributed by atoms with Crippen LogP contribution in [0.4, 0.5) is 0 Å². The van der Waals surface area contributed by atoms with Gasteiger partial charge in [-0.2, -0.15) is 0 Å². The molecular weight excluding hydrogens is 234 g/mol. The van der Waals surface area contributed by atoms with Gasteiger partial charge < -0.3 is 10.0 Å². The zero-order valence-corrected chi connectivity index (χ0v) is 10.3. The minimum atomic E-state index is -0.964. The van der Waals surface area contributed by atoms with E-state index in [4.69, 9.17) is 5.11 Å². The van der Waals surface area contributed by atoms with Gasteiger partial charge in [-0.3, -0.25) is 9.78 Å². The fourth-order valence-electron chi connectivity index (χ4n) is 2.20. The maximum Gasteiger partial charge on any atom is 0.326 e. The molecule has 0 saturated carbocycles. The fraction of sp³-hybridized carbons (Fsp3) is 0.500. The number of aryl methyl sites for hydroxylation is 1. The second-order valence-corrected chi connectivity index (χ2v) is 4.59. The maximum atomic E-state index is 12.2. The number of nitrogens with zero attached hydrogens (tertiary/aromatic N) is 3. The molecule has 6 heteroatoms. The SMILES string of the molecule is Cc1cnc(C(=O)N2CCC(C)C2C(=O)O)cn1. The summed E-state index contributed by atoms with van der Waals surface area (Å²) in [5.41, 5.74) is 0.914. The Morgan fingerprint density at radius 1 is 1.39 bits per heavy atom. The van der Waals surface area contributed by atoms with E-state index in [1.807, 2.05) is 6.92 Å². The number of rotatable bonds is 2. The number of carbonyl (C=O) groups is 2. The van der Waals surface area contributed by atoms with Gasteiger partial charge in [-0.1, -0.05) is 6.92 Å². The van der Waals surface area contributed by atoms with Crippen LogP contribution in [0.3, 0.4) is 0 Å². The minimum absolute atomic E-state index is 0.0372. The first-order valence-electron chi connectivity index (χ1n) is 5.83. The Bertz CT molecular complexity index is 472. The van der Waals surface area contributed by atoms with Crippen LogP contribution in [-0.4, -0.2) is 44.4 Å². The lowest BCUT2D eigenvalue weighted by atomic mass is 10.0. The highest BCUT2D eigenvalue weighted by atomic mass is 16.4. The Labute approximate surface area is 105 Å². The van der Waals surface area contributed by atoms with Crippen molar-refractivity contribution >= 4 is 11.9 Å². The van der Waals surface area contributed by atoms with Crippen LogP contribution in [0.25, 0.3) is 0 Å². The van der Waals surface area contributed by atoms with Gasteiger partial charge in [-0.05, 0) is 19.3 Å². The summed E-state index contributed by atoms with van der Waals surface area (Å²) >= 11 is 0. The molecule has 0 aliphatic carbocycles. The summed E-state index contributed by atoms with van der Waals surface area (Å²) in [6.45, 7) is 4.07. The summed E-state index contributed by atoms with van der Waals surface area (Å²) in [7, 11) is 0. The van der Waals surface area contributed by atoms with Gasteiger partial charge in [0, 0.05) is 12.7 Å². The molecular formula is C12H15N3O3. The quantitative estimate of drug-likeness (QED) is 0.835. The van der Waals surface area contributed by atoms with E-state index >= 15 is 0 Å². The molecule has 2 rings (SSSR count). The standard InChI is InChI=1S/C12H15N3O3/c1-7-3-4-15(10(7)12(17)18)11(16)9-6-13-8(2)5-14-9/h5-7,10H,3-4H2,1-2H3,(H,17,18). The van der Waals surface area contributed by atoms with Crippen LogP contribution in [0.1, 0.15) is 29.5 Å². The second kappa shape index (κ2) is 4.72. The molecule has 18 heavy (non-hydrogen) atoms. The zero-order valence-electron chi connectivity index (χ0n) is 10.3. The normalized spacial score (nSPS) is 23.1. The average molecular weight is 249 g/mol. The minimum Gasteiger partial charge on any atom is -0.480 e. The fourth-order valence-corrected chi connectivity index (χ4v) is 2.20. The van der Waals surface area contributed by atoms with Crippen molar-refractivity contribution in [3.8, 4) is 0 Å². The summed E-state index contributed by atoms with van der Waals surface area (Å²) in [4.78, 5) is 32.7. The van der Waals surface area contributed by atoms with Gasteiger partial charge in [0.15, 0.2) is 0 Å². The van der Waals surface area contributed by atoms with E-state index in [0.717, 1.165) is 5.69 Å². The first-order valence-corrected chi connectivity index (χ1v) is 5.83. The van der Waals surface area contributed by atoms with Crippen molar-refractivity contribution in [2.45, 2.75) is 26.3 Å². The molecule has 96 valence electrons. The van der Waals surface area contributed by atoms with E-state index in [9.17, 15) is 9.59 Å². The lowest BCUT2D eigenvalue weighted by Crippen LogP contribution is -2.43. The molecule has 1 saturated heterocycles. The Morgan fingerprint density at radius 3 is 2.67 bits per heavy atom. The highest BCUT2D eigenvalue weighted by molar-refractivity contribution is 5.95. The van der Waals surface area contributed by atoms with Gasteiger partial charge in [0.1, 0.15) is 11.7 Å². The predicted octanol–water partition coefficient (Wildman–Crippen LogP) is 0.720. The van der Waals surface area contributed by atoms with Crippen molar-refractivity contribution in [2.24, 2.45) is 5.92 Å². The third-order valence-corrected chi connectivity index (χ3v) is 3.21. The number of hydrogen-bond acceptors (Lipinski definition) is 4. The molecule has 1 aliphatic rings. The number of carboxylic acid groups (broad SMARTS) is 1. The third-order valence-electron chi connectivity index (χ3n) is 3.21. The molecule has 0 spiro atoms. The summed E-state index contributed by atoms with van der Waals surface area (Å²) in [5, 5.41) is 9.16. The van der Waals surface area contributed by atoms with Crippen LogP contribution < -0.4 is 0 Å². The number of aromatic nitrogens is 2. The smallest absolute Gasteiger partial charge is 0.326 e. The van der Waals surface area contributed by atoms with Crippen LogP contribution >= 0.6 is 0 Å². The molecule has 1 fully saturated rings. The van der Waals surface area contributed by atoms with Gasteiger partial charge in [0.05, 0.1) is 11.9 Å². The molecule has 1 aliphatic heterocycles. The molecule has 2 unspecified atom stereocenters. The number of hydrogen-bond donors (Lipinski definition) is 1. The highest BCUT2D eigenvalue weighted by Crippen LogP contribution is 2.25. The third kappa shape index (κ3) is 2.18. The van der Waals surface area contributed by atoms with Crippen molar-refractivity contribution in [3.63, 3.8) is 0 Å². The largest absolute Gasteiger partial charge is 0.480 e. The summed E-state index contributed by atoms with van der Waals surface area (Å²) in [6.07, 6.45) is 3.59. The number of likely N-dealkylation sites (tertiary alicyclic amines) is 1. The predicted molar refractivity (Wildman–Crippen MR) is 63.0 cm³/mol. The Balaban J connectivity index is 2.23. The van der Waals surface area contributed by atoms with Gasteiger partial charge in [-0.15, -0.1) is 0 Å². The molecule has 0 aromatic carbocycles. The van der Waals surface area contributed by atoms with Crippen LogP contribution in [0.15, 0.2) is 12.4 Å². The lowest BCUT2D eigenvalue weighted by molar-refractivity contribution is -0.142. The molecule has 0 bridgehead atoms. The van der Waals surface area contributed by atoms with E-state index in [1.165, 1.54) is 17.3 Å². The molecule has 2 atom stereocenters. The summed E-state index contributed by atoms with van der Waals surface area (Å²) < 4.78 is 0. The summed E-state index contributed by atoms with van der Waals surface area (Å²) in [6, 6.07) is -0.763. The second-order valence-electron chi connectivity index (χ2n) is 4.59. The molecule has 2 heterocycles. The molecule has 1 aromatic rings. The van der Waals surface area contributed by atoms with E-state index < -0.39 is 12.0 Å². The van der Waals surface area contributed by atoms with Crippen molar-refractivity contribution in [1.82, 2.24) is 14.9 Å². The summed E-state index contributed by atoms with van der Waals surface area (Å²) in [5.74, 6) is -1.36. The van der Waals surface area contributed by atoms with Gasteiger partial charge in [0.2, 0.25) is 0 Å². The van der Waals surface area contributed by atoms with Crippen LogP contribution in [0, 0.1) is 12.8 Å². The average Bonchev–Trinajstić information content (AvgIpc) is 2.71.